The van der Waals surface area contributed by atoms with Gasteiger partial charge in [-0.1, -0.05) is 84.0 Å². The highest BCUT2D eigenvalue weighted by Crippen LogP contribution is 2.15. The third-order valence-corrected chi connectivity index (χ3v) is 12.2. The lowest BCUT2D eigenvalue weighted by molar-refractivity contribution is -0.143. The number of nitrogens with zero attached hydrogens (tertiary/aromatic N) is 1. The second-order valence-corrected chi connectivity index (χ2v) is 19.8. The lowest BCUT2D eigenvalue weighted by Crippen LogP contribution is -2.61. The summed E-state index contributed by atoms with van der Waals surface area (Å²) in [6.07, 6.45) is 4.72. The van der Waals surface area contributed by atoms with Crippen LogP contribution in [0.2, 0.25) is 0 Å². The normalized spacial score (nSPS) is 14.5. The van der Waals surface area contributed by atoms with Gasteiger partial charge in [0, 0.05) is 31.2 Å². The Labute approximate surface area is 430 Å². The standard InChI is InChI=1S/C50H73N11O11S/c1-27(2)20-36(46(67)58-39(23-33-25-52-26-53-33)45(66)54-30(7)43(64)61-42(29(5)6)50(71)72)56-47(68)37(21-31-12-10-9-11-13-31)59-49(70)41(28(3)4)60-48(69)38(22-32-14-16-34(62)17-15-32)57-44(65)35(18-19-73-8)55-40(63)24-51/h9-17,25-30,35-39,41-42,62H,18-24,51H2,1-8H3,(H,52,53)(H,54,66)(H,55,63)(H,56,68)(H,57,65)(H,58,67)(H,59,70)(H,60,69)(H,61,64)(H,71,72)/t30-,35-,36-,37-,38-,39-,41-,42-/m0/s1. The van der Waals surface area contributed by atoms with Gasteiger partial charge >= 0.3 is 5.97 Å². The topological polar surface area (TPSA) is 345 Å². The Bertz CT molecular complexity index is 2300. The molecule has 0 fully saturated rings. The molecule has 1 aromatic heterocycles. The number of phenols is 1. The number of phenolic OH excluding ortho intramolecular Hbond substituents is 1. The van der Waals surface area contributed by atoms with Crippen molar-refractivity contribution in [3.8, 4) is 5.75 Å². The van der Waals surface area contributed by atoms with Gasteiger partial charge in [0.25, 0.3) is 0 Å². The fourth-order valence-electron chi connectivity index (χ4n) is 7.46. The van der Waals surface area contributed by atoms with Gasteiger partial charge in [0.15, 0.2) is 0 Å². The molecule has 0 spiro atoms. The average Bonchev–Trinajstić information content (AvgIpc) is 3.86. The van der Waals surface area contributed by atoms with Crippen LogP contribution in [0, 0.1) is 17.8 Å². The Morgan fingerprint density at radius 3 is 1.60 bits per heavy atom. The summed E-state index contributed by atoms with van der Waals surface area (Å²) in [4.78, 5) is 129. The predicted octanol–water partition coefficient (Wildman–Crippen LogP) is 0.196. The molecule has 73 heavy (non-hydrogen) atoms. The number of rotatable bonds is 30. The Morgan fingerprint density at radius 1 is 0.589 bits per heavy atom. The maximum absolute atomic E-state index is 14.5. The maximum atomic E-state index is 14.5. The lowest BCUT2D eigenvalue weighted by atomic mass is 9.98. The molecule has 2 aromatic carbocycles. The first-order valence-corrected chi connectivity index (χ1v) is 25.5. The number of carboxylic acid groups (broad SMARTS) is 1. The molecule has 0 unspecified atom stereocenters. The zero-order chi connectivity index (χ0) is 54.4. The number of hydrogen-bond donors (Lipinski definition) is 12. The minimum Gasteiger partial charge on any atom is -0.508 e. The second kappa shape index (κ2) is 30.1. The maximum Gasteiger partial charge on any atom is 0.326 e. The Hall–Kier alpha value is -7.01. The first-order chi connectivity index (χ1) is 34.5. The summed E-state index contributed by atoms with van der Waals surface area (Å²) < 4.78 is 0. The van der Waals surface area contributed by atoms with E-state index < -0.39 is 113 Å². The van der Waals surface area contributed by atoms with Gasteiger partial charge < -0.3 is 63.5 Å². The molecule has 23 heteroatoms. The molecule has 13 N–H and O–H groups in total. The van der Waals surface area contributed by atoms with Crippen LogP contribution in [-0.4, -0.2) is 140 Å². The average molecular weight is 1040 g/mol. The number of aromatic amines is 1. The van der Waals surface area contributed by atoms with E-state index >= 15 is 0 Å². The Kier molecular flexibility index (Phi) is 24.9. The number of hydrogen-bond acceptors (Lipinski definition) is 13. The molecule has 0 bridgehead atoms. The van der Waals surface area contributed by atoms with Gasteiger partial charge in [-0.25, -0.2) is 9.78 Å². The minimum absolute atomic E-state index is 0.0245. The van der Waals surface area contributed by atoms with E-state index in [1.54, 1.807) is 70.2 Å². The van der Waals surface area contributed by atoms with Gasteiger partial charge in [-0.2, -0.15) is 11.8 Å². The van der Waals surface area contributed by atoms with E-state index in [1.807, 2.05) is 20.1 Å². The summed E-state index contributed by atoms with van der Waals surface area (Å²) in [5.74, 6) is -7.83. The number of aromatic nitrogens is 2. The highest BCUT2D eigenvalue weighted by molar-refractivity contribution is 7.98. The number of aromatic hydroxyl groups is 1. The molecule has 400 valence electrons. The number of carbonyl (C=O) groups excluding carboxylic acids is 8. The van der Waals surface area contributed by atoms with E-state index in [0.29, 0.717) is 22.6 Å². The number of nitrogens with one attached hydrogen (secondary N) is 9. The van der Waals surface area contributed by atoms with Gasteiger partial charge in [0.2, 0.25) is 47.3 Å². The molecular formula is C50H73N11O11S. The van der Waals surface area contributed by atoms with Crippen molar-refractivity contribution in [1.82, 2.24) is 52.5 Å². The summed E-state index contributed by atoms with van der Waals surface area (Å²) in [6, 6.07) is 4.79. The molecule has 3 rings (SSSR count). The van der Waals surface area contributed by atoms with Crippen LogP contribution in [0.25, 0.3) is 0 Å². The van der Waals surface area contributed by atoms with Crippen molar-refractivity contribution < 1.29 is 53.4 Å². The van der Waals surface area contributed by atoms with Crippen LogP contribution >= 0.6 is 11.8 Å². The minimum atomic E-state index is -1.32. The largest absolute Gasteiger partial charge is 0.508 e. The molecule has 0 aliphatic carbocycles. The van der Waals surface area contributed by atoms with Crippen LogP contribution in [0.4, 0.5) is 0 Å². The first kappa shape index (κ1) is 60.3. The van der Waals surface area contributed by atoms with Crippen LogP contribution < -0.4 is 48.3 Å². The molecule has 0 radical (unpaired) electrons. The molecule has 3 aromatic rings. The van der Waals surface area contributed by atoms with Crippen molar-refractivity contribution in [2.75, 3.05) is 18.6 Å². The van der Waals surface area contributed by atoms with E-state index in [9.17, 15) is 53.4 Å². The zero-order valence-corrected chi connectivity index (χ0v) is 43.5. The van der Waals surface area contributed by atoms with Gasteiger partial charge in [-0.15, -0.1) is 0 Å². The van der Waals surface area contributed by atoms with Crippen molar-refractivity contribution in [1.29, 1.82) is 0 Å². The number of thioether (sulfide) groups is 1. The molecule has 0 saturated carbocycles. The van der Waals surface area contributed by atoms with Crippen molar-refractivity contribution >= 4 is 65.0 Å². The van der Waals surface area contributed by atoms with Gasteiger partial charge in [-0.05, 0) is 72.8 Å². The lowest BCUT2D eigenvalue weighted by Gasteiger charge is -2.29. The Morgan fingerprint density at radius 2 is 1.08 bits per heavy atom. The number of H-pyrrole nitrogens is 1. The second-order valence-electron chi connectivity index (χ2n) is 18.9. The molecule has 8 atom stereocenters. The molecule has 0 saturated heterocycles. The SMILES string of the molecule is CSCC[C@H](NC(=O)CN)C(=O)N[C@@H](Cc1ccc(O)cc1)C(=O)N[C@H](C(=O)N[C@@H](Cc1ccccc1)C(=O)N[C@@H](CC(C)C)C(=O)N[C@@H](Cc1cnc[nH]1)C(=O)N[C@@H](C)C(=O)N[C@H](C(=O)O)C(C)C)C(C)C. The first-order valence-electron chi connectivity index (χ1n) is 24.2. The highest BCUT2D eigenvalue weighted by atomic mass is 32.2. The van der Waals surface area contributed by atoms with Crippen molar-refractivity contribution in [2.24, 2.45) is 23.5 Å². The van der Waals surface area contributed by atoms with Crippen LogP contribution in [0.15, 0.2) is 67.1 Å². The third kappa shape index (κ3) is 20.6. The number of aliphatic carboxylic acids is 1. The fourth-order valence-corrected chi connectivity index (χ4v) is 7.93. The summed E-state index contributed by atoms with van der Waals surface area (Å²) >= 11 is 1.45. The number of carboxylic acids is 1. The van der Waals surface area contributed by atoms with E-state index in [0.717, 1.165) is 0 Å². The number of nitrogens with two attached hydrogens (primary N) is 1. The van der Waals surface area contributed by atoms with E-state index in [4.69, 9.17) is 5.73 Å². The fraction of sp³-hybridized carbons (Fsp3) is 0.520. The Balaban J connectivity index is 1.92. The smallest absolute Gasteiger partial charge is 0.326 e. The monoisotopic (exact) mass is 1040 g/mol. The quantitative estimate of drug-likeness (QED) is 0.0425. The van der Waals surface area contributed by atoms with Gasteiger partial charge in [0.1, 0.15) is 54.1 Å². The van der Waals surface area contributed by atoms with Gasteiger partial charge in [0.05, 0.1) is 12.9 Å². The molecule has 0 aliphatic heterocycles. The van der Waals surface area contributed by atoms with Crippen LogP contribution in [0.3, 0.4) is 0 Å². The number of imidazole rings is 1. The third-order valence-electron chi connectivity index (χ3n) is 11.6. The summed E-state index contributed by atoms with van der Waals surface area (Å²) in [5, 5.41) is 40.8. The van der Waals surface area contributed by atoms with Gasteiger partial charge in [-0.3, -0.25) is 38.4 Å². The number of benzene rings is 2. The van der Waals surface area contributed by atoms with E-state index in [-0.39, 0.29) is 50.3 Å². The molecule has 22 nitrogen and oxygen atoms in total. The summed E-state index contributed by atoms with van der Waals surface area (Å²) in [6.45, 7) is 11.2. The van der Waals surface area contributed by atoms with Crippen LogP contribution in [0.5, 0.6) is 5.75 Å². The zero-order valence-electron chi connectivity index (χ0n) is 42.7. The highest BCUT2D eigenvalue weighted by Gasteiger charge is 2.36. The predicted molar refractivity (Wildman–Crippen MR) is 274 cm³/mol. The number of carbonyl (C=O) groups is 9. The summed E-state index contributed by atoms with van der Waals surface area (Å²) in [5.41, 5.74) is 7.16. The van der Waals surface area contributed by atoms with Crippen LogP contribution in [0.1, 0.15) is 78.1 Å². The van der Waals surface area contributed by atoms with Crippen LogP contribution in [-0.2, 0) is 62.4 Å². The summed E-state index contributed by atoms with van der Waals surface area (Å²) in [7, 11) is 0. The van der Waals surface area contributed by atoms with Crippen molar-refractivity contribution in [2.45, 2.75) is 129 Å². The molecule has 0 aliphatic rings. The molecule has 8 amide bonds. The molecular weight excluding hydrogens is 963 g/mol. The molecule has 1 heterocycles. The number of amides is 8. The van der Waals surface area contributed by atoms with E-state index in [1.165, 1.54) is 43.3 Å². The van der Waals surface area contributed by atoms with Crippen molar-refractivity contribution in [3.05, 3.63) is 83.9 Å². The van der Waals surface area contributed by atoms with Crippen molar-refractivity contribution in [3.63, 3.8) is 0 Å². The van der Waals surface area contributed by atoms with E-state index in [2.05, 4.69) is 52.5 Å².